The van der Waals surface area contributed by atoms with Gasteiger partial charge in [0.1, 0.15) is 11.0 Å². The molecule has 0 bridgehead atoms. The van der Waals surface area contributed by atoms with E-state index >= 15 is 0 Å². The van der Waals surface area contributed by atoms with Crippen LogP contribution in [0.3, 0.4) is 0 Å². The fourth-order valence-electron chi connectivity index (χ4n) is 1.49. The topological polar surface area (TPSA) is 83.1 Å². The monoisotopic (exact) mass is 268 g/mol. The zero-order valence-electron chi connectivity index (χ0n) is 10.1. The van der Waals surface area contributed by atoms with E-state index in [4.69, 9.17) is 16.9 Å². The maximum Gasteiger partial charge on any atom is 0.276 e. The van der Waals surface area contributed by atoms with Crippen molar-refractivity contribution in [1.29, 1.82) is 5.26 Å². The molecule has 1 aromatic heterocycles. The van der Waals surface area contributed by atoms with Crippen LogP contribution >= 0.6 is 11.6 Å². The Bertz CT molecular complexity index is 486. The van der Waals surface area contributed by atoms with Crippen LogP contribution in [0.1, 0.15) is 13.8 Å². The summed E-state index contributed by atoms with van der Waals surface area (Å²) in [6, 6.07) is 4.68. The number of rotatable bonds is 5. The third kappa shape index (κ3) is 3.57. The van der Waals surface area contributed by atoms with E-state index in [0.717, 1.165) is 0 Å². The fourth-order valence-corrected chi connectivity index (χ4v) is 1.69. The molecule has 0 aromatic carbocycles. The molecule has 6 nitrogen and oxygen atoms in total. The summed E-state index contributed by atoms with van der Waals surface area (Å²) in [6.07, 6.45) is 0. The van der Waals surface area contributed by atoms with E-state index in [9.17, 15) is 10.1 Å². The van der Waals surface area contributed by atoms with Gasteiger partial charge in [0.2, 0.25) is 0 Å². The molecule has 0 aliphatic carbocycles. The molecule has 0 amide bonds. The molecule has 0 N–H and O–H groups in total. The van der Waals surface area contributed by atoms with Gasteiger partial charge in [-0.15, -0.1) is 0 Å². The van der Waals surface area contributed by atoms with Crippen LogP contribution in [0, 0.1) is 27.4 Å². The molecular formula is C11H13ClN4O2. The molecule has 1 heterocycles. The molecule has 0 fully saturated rings. The van der Waals surface area contributed by atoms with E-state index in [0.29, 0.717) is 18.9 Å². The van der Waals surface area contributed by atoms with Gasteiger partial charge in [-0.3, -0.25) is 10.1 Å². The Hall–Kier alpha value is -1.87. The van der Waals surface area contributed by atoms with Crippen LogP contribution in [0.2, 0.25) is 5.15 Å². The molecule has 1 atom stereocenters. The first-order valence-electron chi connectivity index (χ1n) is 5.44. The Morgan fingerprint density at radius 1 is 1.67 bits per heavy atom. The lowest BCUT2D eigenvalue weighted by molar-refractivity contribution is -0.384. The van der Waals surface area contributed by atoms with Crippen molar-refractivity contribution in [3.05, 3.63) is 27.4 Å². The lowest BCUT2D eigenvalue weighted by Gasteiger charge is -2.22. The number of aromatic nitrogens is 1. The van der Waals surface area contributed by atoms with Gasteiger partial charge in [0.05, 0.1) is 29.0 Å². The SMILES string of the molecule is CCN(CC(C)C#N)c1cc([N+](=O)[O-])cc(Cl)n1. The summed E-state index contributed by atoms with van der Waals surface area (Å²) >= 11 is 5.76. The van der Waals surface area contributed by atoms with Gasteiger partial charge in [-0.05, 0) is 13.8 Å². The second-order valence-electron chi connectivity index (χ2n) is 3.83. The van der Waals surface area contributed by atoms with Crippen LogP contribution in [-0.4, -0.2) is 23.0 Å². The summed E-state index contributed by atoms with van der Waals surface area (Å²) in [6.45, 7) is 4.72. The number of hydrogen-bond acceptors (Lipinski definition) is 5. The van der Waals surface area contributed by atoms with E-state index < -0.39 is 4.92 Å². The standard InChI is InChI=1S/C11H13ClN4O2/c1-3-15(7-8(2)6-13)11-5-9(16(17)18)4-10(12)14-11/h4-5,8H,3,7H2,1-2H3. The second-order valence-corrected chi connectivity index (χ2v) is 4.22. The van der Waals surface area contributed by atoms with Crippen molar-refractivity contribution in [3.8, 4) is 6.07 Å². The average Bonchev–Trinajstić information content (AvgIpc) is 2.34. The maximum absolute atomic E-state index is 10.7. The summed E-state index contributed by atoms with van der Waals surface area (Å²) in [4.78, 5) is 16.1. The smallest absolute Gasteiger partial charge is 0.276 e. The Morgan fingerprint density at radius 3 is 2.83 bits per heavy atom. The first-order chi connectivity index (χ1) is 8.47. The van der Waals surface area contributed by atoms with Gasteiger partial charge >= 0.3 is 0 Å². The molecule has 1 unspecified atom stereocenters. The molecule has 1 rings (SSSR count). The first kappa shape index (κ1) is 14.2. The van der Waals surface area contributed by atoms with Crippen molar-refractivity contribution < 1.29 is 4.92 Å². The molecular weight excluding hydrogens is 256 g/mol. The first-order valence-corrected chi connectivity index (χ1v) is 5.82. The summed E-state index contributed by atoms with van der Waals surface area (Å²) in [7, 11) is 0. The summed E-state index contributed by atoms with van der Waals surface area (Å²) in [5.74, 6) is 0.226. The van der Waals surface area contributed by atoms with Gasteiger partial charge in [0, 0.05) is 13.1 Å². The minimum absolute atomic E-state index is 0.0715. The van der Waals surface area contributed by atoms with Gasteiger partial charge in [0.15, 0.2) is 0 Å². The largest absolute Gasteiger partial charge is 0.355 e. The number of nitriles is 1. The van der Waals surface area contributed by atoms with Gasteiger partial charge in [0.25, 0.3) is 5.69 Å². The zero-order valence-corrected chi connectivity index (χ0v) is 10.9. The molecule has 0 spiro atoms. The van der Waals surface area contributed by atoms with Crippen molar-refractivity contribution >= 4 is 23.1 Å². The molecule has 0 aliphatic rings. The predicted molar refractivity (Wildman–Crippen MR) is 68.6 cm³/mol. The lowest BCUT2D eigenvalue weighted by Crippen LogP contribution is -2.28. The van der Waals surface area contributed by atoms with Gasteiger partial charge in [-0.2, -0.15) is 5.26 Å². The minimum atomic E-state index is -0.515. The van der Waals surface area contributed by atoms with E-state index in [1.165, 1.54) is 12.1 Å². The number of halogens is 1. The number of nitrogens with zero attached hydrogens (tertiary/aromatic N) is 4. The Morgan fingerprint density at radius 2 is 2.33 bits per heavy atom. The molecule has 7 heteroatoms. The number of pyridine rings is 1. The predicted octanol–water partition coefficient (Wildman–Crippen LogP) is 2.63. The second kappa shape index (κ2) is 6.17. The average molecular weight is 269 g/mol. The van der Waals surface area contributed by atoms with E-state index in [-0.39, 0.29) is 16.8 Å². The fraction of sp³-hybridized carbons (Fsp3) is 0.455. The molecule has 96 valence electrons. The van der Waals surface area contributed by atoms with Crippen LogP contribution in [-0.2, 0) is 0 Å². The normalized spacial score (nSPS) is 11.7. The van der Waals surface area contributed by atoms with Crippen LogP contribution in [0.4, 0.5) is 11.5 Å². The third-order valence-electron chi connectivity index (χ3n) is 2.40. The Labute approximate surface area is 110 Å². The Balaban J connectivity index is 3.06. The summed E-state index contributed by atoms with van der Waals surface area (Å²) < 4.78 is 0. The molecule has 0 saturated heterocycles. The van der Waals surface area contributed by atoms with Crippen molar-refractivity contribution in [2.45, 2.75) is 13.8 Å². The van der Waals surface area contributed by atoms with Crippen molar-refractivity contribution in [2.24, 2.45) is 5.92 Å². The lowest BCUT2D eigenvalue weighted by atomic mass is 10.2. The van der Waals surface area contributed by atoms with Gasteiger partial charge < -0.3 is 4.90 Å². The summed E-state index contributed by atoms with van der Waals surface area (Å²) in [5, 5.41) is 19.6. The highest BCUT2D eigenvalue weighted by Crippen LogP contribution is 2.23. The highest BCUT2D eigenvalue weighted by molar-refractivity contribution is 6.29. The van der Waals surface area contributed by atoms with Crippen LogP contribution in [0.5, 0.6) is 0 Å². The van der Waals surface area contributed by atoms with Crippen LogP contribution in [0.25, 0.3) is 0 Å². The minimum Gasteiger partial charge on any atom is -0.355 e. The highest BCUT2D eigenvalue weighted by Gasteiger charge is 2.16. The van der Waals surface area contributed by atoms with Crippen LogP contribution < -0.4 is 4.90 Å². The number of hydrogen-bond donors (Lipinski definition) is 0. The Kier molecular flexibility index (Phi) is 4.86. The van der Waals surface area contributed by atoms with Gasteiger partial charge in [-0.1, -0.05) is 11.6 Å². The quantitative estimate of drug-likeness (QED) is 0.466. The molecule has 18 heavy (non-hydrogen) atoms. The highest BCUT2D eigenvalue weighted by atomic mass is 35.5. The van der Waals surface area contributed by atoms with E-state index in [2.05, 4.69) is 11.1 Å². The van der Waals surface area contributed by atoms with E-state index in [1.54, 1.807) is 11.8 Å². The maximum atomic E-state index is 10.7. The third-order valence-corrected chi connectivity index (χ3v) is 2.59. The van der Waals surface area contributed by atoms with E-state index in [1.807, 2.05) is 6.92 Å². The zero-order chi connectivity index (χ0) is 13.7. The number of nitro groups is 1. The molecule has 0 radical (unpaired) electrons. The van der Waals surface area contributed by atoms with Crippen molar-refractivity contribution in [2.75, 3.05) is 18.0 Å². The van der Waals surface area contributed by atoms with Crippen molar-refractivity contribution in [3.63, 3.8) is 0 Å². The molecule has 0 saturated carbocycles. The van der Waals surface area contributed by atoms with Crippen LogP contribution in [0.15, 0.2) is 12.1 Å². The summed E-state index contributed by atoms with van der Waals surface area (Å²) in [5.41, 5.74) is -0.104. The van der Waals surface area contributed by atoms with Crippen molar-refractivity contribution in [1.82, 2.24) is 4.98 Å². The molecule has 0 aliphatic heterocycles. The van der Waals surface area contributed by atoms with Gasteiger partial charge in [-0.25, -0.2) is 4.98 Å². The number of anilines is 1. The molecule has 1 aromatic rings.